The highest BCUT2D eigenvalue weighted by Crippen LogP contribution is 2.37. The van der Waals surface area contributed by atoms with Crippen molar-refractivity contribution in [2.75, 3.05) is 12.4 Å². The van der Waals surface area contributed by atoms with Gasteiger partial charge >= 0.3 is 6.18 Å². The van der Waals surface area contributed by atoms with E-state index in [1.54, 1.807) is 43.5 Å². The molecule has 2 aromatic heterocycles. The number of hydrogen-bond acceptors (Lipinski definition) is 5. The Morgan fingerprint density at radius 1 is 1.09 bits per heavy atom. The van der Waals surface area contributed by atoms with Crippen LogP contribution in [0.3, 0.4) is 0 Å². The average Bonchev–Trinajstić information content (AvgIpc) is 3.13. The lowest BCUT2D eigenvalue weighted by Crippen LogP contribution is -2.40. The quantitative estimate of drug-likeness (QED) is 0.544. The van der Waals surface area contributed by atoms with Gasteiger partial charge in [0.1, 0.15) is 17.2 Å². The number of amides is 1. The molecule has 1 aliphatic rings. The zero-order valence-corrected chi connectivity index (χ0v) is 17.3. The Balaban J connectivity index is 1.38. The summed E-state index contributed by atoms with van der Waals surface area (Å²) in [5.41, 5.74) is -0.745. The summed E-state index contributed by atoms with van der Waals surface area (Å²) < 4.78 is 45.4. The zero-order chi connectivity index (χ0) is 22.9. The van der Waals surface area contributed by atoms with Crippen LogP contribution in [0, 0.1) is 0 Å². The predicted molar refractivity (Wildman–Crippen MR) is 112 cm³/mol. The van der Waals surface area contributed by atoms with Crippen molar-refractivity contribution in [2.45, 2.75) is 43.9 Å². The third-order valence-electron chi connectivity index (χ3n) is 5.65. The van der Waals surface area contributed by atoms with E-state index in [2.05, 4.69) is 15.6 Å². The molecule has 3 aromatic rings. The smallest absolute Gasteiger partial charge is 0.438 e. The lowest BCUT2D eigenvalue weighted by molar-refractivity contribution is -0.142. The Hall–Kier alpha value is -3.43. The Kier molecular flexibility index (Phi) is 5.86. The maximum Gasteiger partial charge on any atom is 0.438 e. The molecular formula is C22H23F3N4O3. The van der Waals surface area contributed by atoms with Crippen molar-refractivity contribution < 1.29 is 27.8 Å². The summed E-state index contributed by atoms with van der Waals surface area (Å²) in [5.74, 6) is -0.0731. The van der Waals surface area contributed by atoms with Crippen LogP contribution in [-0.2, 0) is 6.18 Å². The lowest BCUT2D eigenvalue weighted by Gasteiger charge is -2.30. The normalized spacial score (nSPS) is 19.0. The van der Waals surface area contributed by atoms with E-state index in [0.29, 0.717) is 30.0 Å². The number of halogens is 3. The van der Waals surface area contributed by atoms with E-state index in [9.17, 15) is 23.1 Å². The number of carbonyl (C=O) groups excluding carboxylic acids is 1. The van der Waals surface area contributed by atoms with Crippen LogP contribution < -0.4 is 15.4 Å². The van der Waals surface area contributed by atoms with Crippen LogP contribution in [0.15, 0.2) is 42.5 Å². The minimum atomic E-state index is -4.74. The van der Waals surface area contributed by atoms with Crippen LogP contribution in [0.4, 0.5) is 19.0 Å². The van der Waals surface area contributed by atoms with Crippen molar-refractivity contribution in [3.05, 3.63) is 53.7 Å². The van der Waals surface area contributed by atoms with Gasteiger partial charge in [-0.1, -0.05) is 6.07 Å². The third kappa shape index (κ3) is 4.44. The van der Waals surface area contributed by atoms with Crippen molar-refractivity contribution in [3.63, 3.8) is 0 Å². The van der Waals surface area contributed by atoms with Crippen molar-refractivity contribution >= 4 is 17.4 Å². The molecule has 7 nitrogen and oxygen atoms in total. The lowest BCUT2D eigenvalue weighted by atomic mass is 9.91. The molecule has 1 saturated carbocycles. The molecule has 10 heteroatoms. The van der Waals surface area contributed by atoms with Gasteiger partial charge in [-0.3, -0.25) is 4.79 Å². The summed E-state index contributed by atoms with van der Waals surface area (Å²) in [5, 5.41) is 16.3. The predicted octanol–water partition coefficient (Wildman–Crippen LogP) is 4.22. The van der Waals surface area contributed by atoms with Crippen molar-refractivity contribution in [3.8, 4) is 11.6 Å². The molecule has 1 fully saturated rings. The number of hydrogen-bond donors (Lipinski definition) is 3. The van der Waals surface area contributed by atoms with E-state index in [4.69, 9.17) is 4.74 Å². The second kappa shape index (κ2) is 8.60. The molecule has 170 valence electrons. The maximum atomic E-state index is 13.1. The highest BCUT2D eigenvalue weighted by Gasteiger charge is 2.39. The number of alkyl halides is 3. The molecule has 32 heavy (non-hydrogen) atoms. The molecule has 2 heterocycles. The fourth-order valence-corrected chi connectivity index (χ4v) is 3.98. The van der Waals surface area contributed by atoms with Gasteiger partial charge < -0.3 is 20.5 Å². The van der Waals surface area contributed by atoms with Gasteiger partial charge in [-0.25, -0.2) is 9.38 Å². The SMILES string of the molecule is COc1ccc(C(=O)N[C@H]2CC[C@@H](Nc3cccc4nc(C(F)(F)F)c(O)n34)CC2)cc1. The first-order valence-corrected chi connectivity index (χ1v) is 10.3. The third-order valence-corrected chi connectivity index (χ3v) is 5.65. The van der Waals surface area contributed by atoms with Gasteiger partial charge in [0.05, 0.1) is 7.11 Å². The number of fused-ring (bicyclic) bond motifs is 1. The Morgan fingerprint density at radius 3 is 2.38 bits per heavy atom. The van der Waals surface area contributed by atoms with Gasteiger partial charge in [-0.05, 0) is 62.1 Å². The number of anilines is 1. The Labute approximate surface area is 182 Å². The van der Waals surface area contributed by atoms with Crippen LogP contribution in [0.1, 0.15) is 41.7 Å². The summed E-state index contributed by atoms with van der Waals surface area (Å²) in [6.45, 7) is 0. The first kappa shape index (κ1) is 21.8. The Bertz CT molecular complexity index is 1100. The topological polar surface area (TPSA) is 87.9 Å². The van der Waals surface area contributed by atoms with Crippen molar-refractivity contribution in [1.29, 1.82) is 0 Å². The number of nitrogens with zero attached hydrogens (tertiary/aromatic N) is 2. The average molecular weight is 448 g/mol. The number of aromatic hydroxyl groups is 1. The molecule has 1 aromatic carbocycles. The van der Waals surface area contributed by atoms with Gasteiger partial charge in [0.2, 0.25) is 11.6 Å². The van der Waals surface area contributed by atoms with Crippen LogP contribution >= 0.6 is 0 Å². The van der Waals surface area contributed by atoms with Gasteiger partial charge in [0.25, 0.3) is 5.91 Å². The number of nitrogens with one attached hydrogen (secondary N) is 2. The minimum Gasteiger partial charge on any atom is -0.497 e. The summed E-state index contributed by atoms with van der Waals surface area (Å²) in [6, 6.07) is 11.5. The summed E-state index contributed by atoms with van der Waals surface area (Å²) in [4.78, 5) is 16.0. The van der Waals surface area contributed by atoms with E-state index in [1.807, 2.05) is 0 Å². The van der Waals surface area contributed by atoms with Gasteiger partial charge in [-0.15, -0.1) is 0 Å². The maximum absolute atomic E-state index is 13.1. The molecule has 3 N–H and O–H groups in total. The molecule has 1 aliphatic carbocycles. The second-order valence-electron chi connectivity index (χ2n) is 7.78. The number of pyridine rings is 1. The van der Waals surface area contributed by atoms with E-state index in [-0.39, 0.29) is 23.6 Å². The molecule has 0 spiro atoms. The molecule has 0 unspecified atom stereocenters. The van der Waals surface area contributed by atoms with Crippen molar-refractivity contribution in [2.24, 2.45) is 0 Å². The molecule has 0 atom stereocenters. The molecule has 1 amide bonds. The first-order valence-electron chi connectivity index (χ1n) is 10.3. The number of carbonyl (C=O) groups is 1. The largest absolute Gasteiger partial charge is 0.497 e. The monoisotopic (exact) mass is 448 g/mol. The standard InChI is InChI=1S/C22H23F3N4O3/c1-32-16-11-5-13(6-12-16)20(30)27-15-9-7-14(8-10-15)26-17-3-2-4-18-28-19(22(23,24)25)21(31)29(17)18/h2-6,11-12,14-15,26,31H,7-10H2,1H3,(H,27,30)/t14-,15+. The fraction of sp³-hybridized carbons (Fsp3) is 0.364. The molecule has 0 bridgehead atoms. The molecule has 4 rings (SSSR count). The fourth-order valence-electron chi connectivity index (χ4n) is 3.98. The molecule has 0 radical (unpaired) electrons. The van der Waals surface area contributed by atoms with E-state index < -0.39 is 17.8 Å². The van der Waals surface area contributed by atoms with Crippen LogP contribution in [-0.4, -0.2) is 39.6 Å². The Morgan fingerprint density at radius 2 is 1.75 bits per heavy atom. The number of imidazole rings is 1. The van der Waals surface area contributed by atoms with Gasteiger partial charge in [-0.2, -0.15) is 13.2 Å². The highest BCUT2D eigenvalue weighted by atomic mass is 19.4. The van der Waals surface area contributed by atoms with Gasteiger partial charge in [0.15, 0.2) is 0 Å². The van der Waals surface area contributed by atoms with Crippen molar-refractivity contribution in [1.82, 2.24) is 14.7 Å². The number of methoxy groups -OCH3 is 1. The minimum absolute atomic E-state index is 0.00845. The molecule has 0 aliphatic heterocycles. The number of aromatic nitrogens is 2. The summed E-state index contributed by atoms with van der Waals surface area (Å²) in [7, 11) is 1.56. The number of rotatable bonds is 5. The van der Waals surface area contributed by atoms with E-state index >= 15 is 0 Å². The highest BCUT2D eigenvalue weighted by molar-refractivity contribution is 5.94. The number of benzene rings is 1. The van der Waals surface area contributed by atoms with Gasteiger partial charge in [0, 0.05) is 17.6 Å². The zero-order valence-electron chi connectivity index (χ0n) is 17.3. The van der Waals surface area contributed by atoms with Crippen LogP contribution in [0.5, 0.6) is 11.6 Å². The second-order valence-corrected chi connectivity index (χ2v) is 7.78. The first-order chi connectivity index (χ1) is 15.3. The van der Waals surface area contributed by atoms with E-state index in [1.165, 1.54) is 6.07 Å². The van der Waals surface area contributed by atoms with Crippen LogP contribution in [0.25, 0.3) is 5.65 Å². The van der Waals surface area contributed by atoms with E-state index in [0.717, 1.165) is 17.2 Å². The van der Waals surface area contributed by atoms with Crippen LogP contribution in [0.2, 0.25) is 0 Å². The summed E-state index contributed by atoms with van der Waals surface area (Å²) in [6.07, 6.45) is -1.87. The molecular weight excluding hydrogens is 425 g/mol. The molecule has 0 saturated heterocycles. The summed E-state index contributed by atoms with van der Waals surface area (Å²) >= 11 is 0. The number of ether oxygens (including phenoxy) is 1.